The van der Waals surface area contributed by atoms with Crippen LogP contribution in [0.4, 0.5) is 0 Å². The molecule has 0 saturated carbocycles. The summed E-state index contributed by atoms with van der Waals surface area (Å²) in [5.74, 6) is 0.252. The predicted molar refractivity (Wildman–Crippen MR) is 148 cm³/mol. The van der Waals surface area contributed by atoms with Crippen LogP contribution < -0.4 is 10.1 Å². The SMILES string of the molecule is CCCCNC(=O)C(Cc1ccccc1)N(Cc1cccc(Br)c1)C(=O)COc1ccc(C)c(C)c1. The molecule has 0 radical (unpaired) electrons. The van der Waals surface area contributed by atoms with E-state index in [1.54, 1.807) is 4.90 Å². The topological polar surface area (TPSA) is 58.6 Å². The Hall–Kier alpha value is -3.12. The van der Waals surface area contributed by atoms with E-state index in [1.165, 1.54) is 0 Å². The zero-order valence-corrected chi connectivity index (χ0v) is 22.9. The number of hydrogen-bond acceptors (Lipinski definition) is 3. The zero-order valence-electron chi connectivity index (χ0n) is 21.3. The van der Waals surface area contributed by atoms with E-state index in [1.807, 2.05) is 86.6 Å². The van der Waals surface area contributed by atoms with Crippen molar-refractivity contribution >= 4 is 27.7 Å². The predicted octanol–water partition coefficient (Wildman–Crippen LogP) is 6.00. The molecule has 1 atom stereocenters. The van der Waals surface area contributed by atoms with E-state index in [0.717, 1.165) is 39.6 Å². The lowest BCUT2D eigenvalue weighted by Gasteiger charge is -2.31. The molecular formula is C30H35BrN2O3. The largest absolute Gasteiger partial charge is 0.484 e. The highest BCUT2D eigenvalue weighted by Crippen LogP contribution is 2.20. The van der Waals surface area contributed by atoms with Crippen molar-refractivity contribution in [1.29, 1.82) is 0 Å². The van der Waals surface area contributed by atoms with Crippen LogP contribution in [-0.4, -0.2) is 35.9 Å². The summed E-state index contributed by atoms with van der Waals surface area (Å²) in [7, 11) is 0. The lowest BCUT2D eigenvalue weighted by molar-refractivity contribution is -0.142. The molecule has 1 N–H and O–H groups in total. The Balaban J connectivity index is 1.89. The van der Waals surface area contributed by atoms with Crippen molar-refractivity contribution in [2.75, 3.05) is 13.2 Å². The molecule has 0 aliphatic carbocycles. The summed E-state index contributed by atoms with van der Waals surface area (Å²) in [6.45, 7) is 6.87. The third-order valence-corrected chi connectivity index (χ3v) is 6.68. The first kappa shape index (κ1) is 27.5. The van der Waals surface area contributed by atoms with Crippen LogP contribution in [0, 0.1) is 13.8 Å². The van der Waals surface area contributed by atoms with Gasteiger partial charge in [-0.3, -0.25) is 9.59 Å². The third-order valence-electron chi connectivity index (χ3n) is 6.18. The van der Waals surface area contributed by atoms with Gasteiger partial charge in [-0.2, -0.15) is 0 Å². The second-order valence-corrected chi connectivity index (χ2v) is 9.95. The maximum atomic E-state index is 13.6. The standard InChI is InChI=1S/C30H35BrN2O3/c1-4-5-16-32-30(35)28(19-24-10-7-6-8-11-24)33(20-25-12-9-13-26(31)18-25)29(34)21-36-27-15-14-22(2)23(3)17-27/h6-15,17-18,28H,4-5,16,19-21H2,1-3H3,(H,32,35). The average molecular weight is 552 g/mol. The second kappa shape index (κ2) is 13.8. The summed E-state index contributed by atoms with van der Waals surface area (Å²) in [6.07, 6.45) is 2.29. The van der Waals surface area contributed by atoms with Gasteiger partial charge in [0.25, 0.3) is 5.91 Å². The van der Waals surface area contributed by atoms with Gasteiger partial charge in [0.2, 0.25) is 5.91 Å². The summed E-state index contributed by atoms with van der Waals surface area (Å²) in [6, 6.07) is 22.7. The first-order valence-electron chi connectivity index (χ1n) is 12.4. The molecule has 2 amide bonds. The van der Waals surface area contributed by atoms with Crippen LogP contribution in [0.15, 0.2) is 77.3 Å². The van der Waals surface area contributed by atoms with E-state index in [2.05, 4.69) is 28.2 Å². The van der Waals surface area contributed by atoms with Gasteiger partial charge in [0.15, 0.2) is 6.61 Å². The Morgan fingerprint density at radius 2 is 1.69 bits per heavy atom. The van der Waals surface area contributed by atoms with Crippen molar-refractivity contribution in [2.24, 2.45) is 0 Å². The first-order valence-corrected chi connectivity index (χ1v) is 13.2. The molecule has 1 unspecified atom stereocenters. The minimum atomic E-state index is -0.668. The van der Waals surface area contributed by atoms with Crippen molar-refractivity contribution in [2.45, 2.75) is 52.6 Å². The summed E-state index contributed by atoms with van der Waals surface area (Å²) in [5, 5.41) is 3.04. The number of rotatable bonds is 12. The number of nitrogens with zero attached hydrogens (tertiary/aromatic N) is 1. The van der Waals surface area contributed by atoms with Crippen molar-refractivity contribution < 1.29 is 14.3 Å². The van der Waals surface area contributed by atoms with Gasteiger partial charge in [-0.15, -0.1) is 0 Å². The molecule has 0 aliphatic heterocycles. The van der Waals surface area contributed by atoms with E-state index < -0.39 is 6.04 Å². The maximum Gasteiger partial charge on any atom is 0.261 e. The Labute approximate surface area is 223 Å². The Morgan fingerprint density at radius 1 is 0.944 bits per heavy atom. The summed E-state index contributed by atoms with van der Waals surface area (Å²) in [5.41, 5.74) is 4.19. The maximum absolute atomic E-state index is 13.6. The van der Waals surface area contributed by atoms with Gasteiger partial charge < -0.3 is 15.0 Å². The van der Waals surface area contributed by atoms with Crippen LogP contribution >= 0.6 is 15.9 Å². The lowest BCUT2D eigenvalue weighted by Crippen LogP contribution is -2.51. The van der Waals surface area contributed by atoms with Gasteiger partial charge >= 0.3 is 0 Å². The highest BCUT2D eigenvalue weighted by Gasteiger charge is 2.30. The van der Waals surface area contributed by atoms with Crippen LogP contribution in [-0.2, 0) is 22.6 Å². The molecule has 3 aromatic rings. The highest BCUT2D eigenvalue weighted by atomic mass is 79.9. The fourth-order valence-electron chi connectivity index (χ4n) is 3.92. The lowest BCUT2D eigenvalue weighted by atomic mass is 10.0. The molecule has 3 aromatic carbocycles. The molecule has 36 heavy (non-hydrogen) atoms. The van der Waals surface area contributed by atoms with Gasteiger partial charge in [-0.25, -0.2) is 0 Å². The van der Waals surface area contributed by atoms with E-state index in [-0.39, 0.29) is 18.4 Å². The number of hydrogen-bond donors (Lipinski definition) is 1. The van der Waals surface area contributed by atoms with Gasteiger partial charge in [0, 0.05) is 24.0 Å². The van der Waals surface area contributed by atoms with E-state index in [9.17, 15) is 9.59 Å². The molecular weight excluding hydrogens is 516 g/mol. The van der Waals surface area contributed by atoms with Crippen LogP contribution in [0.2, 0.25) is 0 Å². The molecule has 0 aromatic heterocycles. The molecule has 5 nitrogen and oxygen atoms in total. The number of carbonyl (C=O) groups excluding carboxylic acids is 2. The molecule has 0 aliphatic rings. The summed E-state index contributed by atoms with van der Waals surface area (Å²) in [4.78, 5) is 28.7. The van der Waals surface area contributed by atoms with E-state index in [4.69, 9.17) is 4.74 Å². The van der Waals surface area contributed by atoms with Crippen LogP contribution in [0.3, 0.4) is 0 Å². The smallest absolute Gasteiger partial charge is 0.261 e. The number of carbonyl (C=O) groups is 2. The minimum absolute atomic E-state index is 0.149. The highest BCUT2D eigenvalue weighted by molar-refractivity contribution is 9.10. The van der Waals surface area contributed by atoms with Crippen LogP contribution in [0.1, 0.15) is 42.0 Å². The molecule has 6 heteroatoms. The zero-order chi connectivity index (χ0) is 25.9. The first-order chi connectivity index (χ1) is 17.4. The quantitative estimate of drug-likeness (QED) is 0.281. The Bertz CT molecular complexity index is 1150. The van der Waals surface area contributed by atoms with Gasteiger partial charge in [0.05, 0.1) is 0 Å². The number of benzene rings is 3. The van der Waals surface area contributed by atoms with E-state index >= 15 is 0 Å². The van der Waals surface area contributed by atoms with Gasteiger partial charge in [-0.05, 0) is 66.8 Å². The second-order valence-electron chi connectivity index (χ2n) is 9.04. The minimum Gasteiger partial charge on any atom is -0.484 e. The summed E-state index contributed by atoms with van der Waals surface area (Å²) >= 11 is 3.52. The molecule has 0 spiro atoms. The molecule has 0 heterocycles. The van der Waals surface area contributed by atoms with Crippen LogP contribution in [0.5, 0.6) is 5.75 Å². The van der Waals surface area contributed by atoms with Gasteiger partial charge in [0.1, 0.15) is 11.8 Å². The van der Waals surface area contributed by atoms with Crippen molar-refractivity contribution in [1.82, 2.24) is 10.2 Å². The van der Waals surface area contributed by atoms with Crippen molar-refractivity contribution in [3.8, 4) is 5.75 Å². The molecule has 0 fully saturated rings. The summed E-state index contributed by atoms with van der Waals surface area (Å²) < 4.78 is 6.81. The normalized spacial score (nSPS) is 11.6. The average Bonchev–Trinajstić information content (AvgIpc) is 2.87. The third kappa shape index (κ3) is 8.23. The Morgan fingerprint density at radius 3 is 2.39 bits per heavy atom. The monoisotopic (exact) mass is 550 g/mol. The molecule has 0 bridgehead atoms. The fraction of sp³-hybridized carbons (Fsp3) is 0.333. The number of unbranched alkanes of at least 4 members (excludes halogenated alkanes) is 1. The molecule has 0 saturated heterocycles. The molecule has 190 valence electrons. The number of amides is 2. The Kier molecular flexibility index (Phi) is 10.6. The fourth-order valence-corrected chi connectivity index (χ4v) is 4.37. The molecule has 3 rings (SSSR count). The van der Waals surface area contributed by atoms with E-state index in [0.29, 0.717) is 25.3 Å². The number of nitrogens with one attached hydrogen (secondary N) is 1. The van der Waals surface area contributed by atoms with Crippen LogP contribution in [0.25, 0.3) is 0 Å². The number of ether oxygens (including phenoxy) is 1. The number of halogens is 1. The number of aryl methyl sites for hydroxylation is 2. The van der Waals surface area contributed by atoms with Crippen molar-refractivity contribution in [3.63, 3.8) is 0 Å². The van der Waals surface area contributed by atoms with Crippen molar-refractivity contribution in [3.05, 3.63) is 99.5 Å². The van der Waals surface area contributed by atoms with Gasteiger partial charge in [-0.1, -0.05) is 77.8 Å².